The predicted octanol–water partition coefficient (Wildman–Crippen LogP) is 2.93. The molecular formula is C24H31F2N7O3. The van der Waals surface area contributed by atoms with Crippen LogP contribution in [0.15, 0.2) is 30.9 Å². The average Bonchev–Trinajstić information content (AvgIpc) is 3.22. The number of nitrogens with one attached hydrogen (secondary N) is 1. The summed E-state index contributed by atoms with van der Waals surface area (Å²) in [5, 5.41) is 7.50. The number of ether oxygens (including phenoxy) is 3. The van der Waals surface area contributed by atoms with E-state index in [1.54, 1.807) is 6.20 Å². The minimum absolute atomic E-state index is 0.137. The summed E-state index contributed by atoms with van der Waals surface area (Å²) in [6, 6.07) is 1.15. The van der Waals surface area contributed by atoms with Gasteiger partial charge in [-0.3, -0.25) is 4.68 Å². The fourth-order valence-electron chi connectivity index (χ4n) is 3.92. The SMILES string of the molecule is COc1cc(OC)c(F)c(COc2cnc(Nc3cnn(CCN4CCCN(C)CC4)c3)nc2)c1F. The summed E-state index contributed by atoms with van der Waals surface area (Å²) in [7, 11) is 4.74. The number of benzene rings is 1. The van der Waals surface area contributed by atoms with Crippen LogP contribution in [0.5, 0.6) is 17.2 Å². The summed E-state index contributed by atoms with van der Waals surface area (Å²) in [4.78, 5) is 13.2. The highest BCUT2D eigenvalue weighted by Gasteiger charge is 2.20. The van der Waals surface area contributed by atoms with Crippen molar-refractivity contribution in [2.24, 2.45) is 0 Å². The molecule has 0 radical (unpaired) electrons. The minimum Gasteiger partial charge on any atom is -0.494 e. The predicted molar refractivity (Wildman–Crippen MR) is 130 cm³/mol. The summed E-state index contributed by atoms with van der Waals surface area (Å²) >= 11 is 0. The molecule has 1 N–H and O–H groups in total. The molecule has 0 bridgehead atoms. The van der Waals surface area contributed by atoms with Crippen LogP contribution in [0.1, 0.15) is 12.0 Å². The second-order valence-electron chi connectivity index (χ2n) is 8.53. The van der Waals surface area contributed by atoms with Gasteiger partial charge < -0.3 is 29.3 Å². The van der Waals surface area contributed by atoms with Crippen molar-refractivity contribution in [3.63, 3.8) is 0 Å². The molecule has 3 aromatic rings. The first kappa shape index (κ1) is 25.6. The van der Waals surface area contributed by atoms with Gasteiger partial charge in [0.15, 0.2) is 28.9 Å². The molecule has 12 heteroatoms. The maximum atomic E-state index is 14.5. The standard InChI is InChI=1S/C24H31F2N7O3/c1-31-5-4-6-32(8-7-31)9-10-33-15-17(12-29-33)30-24-27-13-18(14-28-24)36-16-19-22(25)20(34-2)11-21(35-3)23(19)26/h11-15H,4-10,16H2,1-3H3,(H,27,28,30). The lowest BCUT2D eigenvalue weighted by molar-refractivity contribution is 0.262. The summed E-state index contributed by atoms with van der Waals surface area (Å²) in [5.41, 5.74) is 0.444. The lowest BCUT2D eigenvalue weighted by Crippen LogP contribution is -2.31. The molecule has 1 aliphatic rings. The Morgan fingerprint density at radius 2 is 1.67 bits per heavy atom. The van der Waals surface area contributed by atoms with E-state index in [0.29, 0.717) is 5.95 Å². The van der Waals surface area contributed by atoms with E-state index < -0.39 is 11.6 Å². The van der Waals surface area contributed by atoms with E-state index >= 15 is 0 Å². The van der Waals surface area contributed by atoms with Crippen LogP contribution in [0.2, 0.25) is 0 Å². The van der Waals surface area contributed by atoms with Gasteiger partial charge >= 0.3 is 0 Å². The number of rotatable bonds is 10. The summed E-state index contributed by atoms with van der Waals surface area (Å²) in [6.45, 7) is 5.74. The molecule has 0 aliphatic carbocycles. The van der Waals surface area contributed by atoms with Gasteiger partial charge in [0, 0.05) is 31.9 Å². The van der Waals surface area contributed by atoms with Crippen LogP contribution in [-0.4, -0.2) is 83.5 Å². The van der Waals surface area contributed by atoms with Crippen LogP contribution in [0.4, 0.5) is 20.4 Å². The topological polar surface area (TPSA) is 89.8 Å². The van der Waals surface area contributed by atoms with E-state index in [0.717, 1.165) is 51.0 Å². The molecule has 1 aliphatic heterocycles. The lowest BCUT2D eigenvalue weighted by Gasteiger charge is -2.19. The van der Waals surface area contributed by atoms with Crippen molar-refractivity contribution >= 4 is 11.6 Å². The molecule has 194 valence electrons. The fourth-order valence-corrected chi connectivity index (χ4v) is 3.92. The minimum atomic E-state index is -0.852. The number of hydrogen-bond acceptors (Lipinski definition) is 9. The Hall–Kier alpha value is -3.51. The first-order valence-corrected chi connectivity index (χ1v) is 11.7. The first-order valence-electron chi connectivity index (χ1n) is 11.7. The number of aromatic nitrogens is 4. The second-order valence-corrected chi connectivity index (χ2v) is 8.53. The number of likely N-dealkylation sites (N-methyl/N-ethyl adjacent to an activating group) is 1. The molecule has 36 heavy (non-hydrogen) atoms. The Balaban J connectivity index is 1.30. The van der Waals surface area contributed by atoms with Crippen molar-refractivity contribution in [1.82, 2.24) is 29.5 Å². The van der Waals surface area contributed by atoms with E-state index in [9.17, 15) is 8.78 Å². The number of methoxy groups -OCH3 is 2. The quantitative estimate of drug-likeness (QED) is 0.449. The molecule has 2 aromatic heterocycles. The highest BCUT2D eigenvalue weighted by atomic mass is 19.1. The van der Waals surface area contributed by atoms with Crippen LogP contribution < -0.4 is 19.5 Å². The Labute approximate surface area is 208 Å². The van der Waals surface area contributed by atoms with E-state index in [-0.39, 0.29) is 29.4 Å². The molecule has 0 atom stereocenters. The third kappa shape index (κ3) is 6.38. The molecular weight excluding hydrogens is 472 g/mol. The average molecular weight is 504 g/mol. The van der Waals surface area contributed by atoms with Gasteiger partial charge in [0.2, 0.25) is 5.95 Å². The van der Waals surface area contributed by atoms with Crippen LogP contribution in [0, 0.1) is 11.6 Å². The molecule has 0 saturated carbocycles. The van der Waals surface area contributed by atoms with Crippen LogP contribution in [-0.2, 0) is 13.2 Å². The maximum Gasteiger partial charge on any atom is 0.227 e. The zero-order chi connectivity index (χ0) is 25.5. The van der Waals surface area contributed by atoms with Crippen molar-refractivity contribution in [1.29, 1.82) is 0 Å². The molecule has 10 nitrogen and oxygen atoms in total. The summed E-state index contributed by atoms with van der Waals surface area (Å²) in [6.07, 6.45) is 7.63. The number of halogens is 2. The van der Waals surface area contributed by atoms with Gasteiger partial charge in [-0.2, -0.15) is 5.10 Å². The zero-order valence-electron chi connectivity index (χ0n) is 20.7. The Morgan fingerprint density at radius 1 is 0.944 bits per heavy atom. The summed E-state index contributed by atoms with van der Waals surface area (Å²) in [5.74, 6) is -1.38. The van der Waals surface area contributed by atoms with E-state index in [2.05, 4.69) is 37.2 Å². The van der Waals surface area contributed by atoms with Gasteiger partial charge in [-0.1, -0.05) is 0 Å². The smallest absolute Gasteiger partial charge is 0.227 e. The fraction of sp³-hybridized carbons (Fsp3) is 0.458. The van der Waals surface area contributed by atoms with E-state index in [1.165, 1.54) is 33.0 Å². The van der Waals surface area contributed by atoms with Crippen molar-refractivity contribution < 1.29 is 23.0 Å². The Morgan fingerprint density at radius 3 is 2.36 bits per heavy atom. The van der Waals surface area contributed by atoms with Gasteiger partial charge in [-0.05, 0) is 26.6 Å². The molecule has 4 rings (SSSR count). The maximum absolute atomic E-state index is 14.5. The number of nitrogens with zero attached hydrogens (tertiary/aromatic N) is 6. The van der Waals surface area contributed by atoms with Gasteiger partial charge in [0.05, 0.1) is 50.6 Å². The Bertz CT molecular complexity index is 1120. The van der Waals surface area contributed by atoms with Crippen molar-refractivity contribution in [2.75, 3.05) is 59.3 Å². The van der Waals surface area contributed by atoms with Gasteiger partial charge in [-0.15, -0.1) is 0 Å². The zero-order valence-corrected chi connectivity index (χ0v) is 20.7. The molecule has 0 spiro atoms. The van der Waals surface area contributed by atoms with Crippen molar-refractivity contribution in [2.45, 2.75) is 19.6 Å². The van der Waals surface area contributed by atoms with Gasteiger partial charge in [0.1, 0.15) is 6.61 Å². The largest absolute Gasteiger partial charge is 0.494 e. The second kappa shape index (κ2) is 12.0. The molecule has 1 saturated heterocycles. The highest BCUT2D eigenvalue weighted by Crippen LogP contribution is 2.32. The summed E-state index contributed by atoms with van der Waals surface area (Å²) < 4.78 is 46.3. The number of hydrogen-bond donors (Lipinski definition) is 1. The molecule has 0 amide bonds. The van der Waals surface area contributed by atoms with Crippen molar-refractivity contribution in [3.05, 3.63) is 48.1 Å². The van der Waals surface area contributed by atoms with Crippen LogP contribution in [0.3, 0.4) is 0 Å². The molecule has 0 unspecified atom stereocenters. The van der Waals surface area contributed by atoms with E-state index in [1.807, 2.05) is 10.9 Å². The van der Waals surface area contributed by atoms with Gasteiger partial charge in [0.25, 0.3) is 0 Å². The molecule has 1 fully saturated rings. The van der Waals surface area contributed by atoms with E-state index in [4.69, 9.17) is 14.2 Å². The van der Waals surface area contributed by atoms with Crippen LogP contribution in [0.25, 0.3) is 0 Å². The normalized spacial score (nSPS) is 14.9. The third-order valence-corrected chi connectivity index (χ3v) is 6.02. The highest BCUT2D eigenvalue weighted by molar-refractivity contribution is 5.50. The Kier molecular flexibility index (Phi) is 8.49. The number of anilines is 2. The van der Waals surface area contributed by atoms with Crippen molar-refractivity contribution in [3.8, 4) is 17.2 Å². The first-order chi connectivity index (χ1) is 17.5. The molecule has 3 heterocycles. The lowest BCUT2D eigenvalue weighted by atomic mass is 10.1. The third-order valence-electron chi connectivity index (χ3n) is 6.02. The monoisotopic (exact) mass is 503 g/mol. The molecule has 1 aromatic carbocycles. The van der Waals surface area contributed by atoms with Gasteiger partial charge in [-0.25, -0.2) is 18.7 Å². The van der Waals surface area contributed by atoms with Crippen LogP contribution >= 0.6 is 0 Å².